The third kappa shape index (κ3) is 2.93. The van der Waals surface area contributed by atoms with Crippen LogP contribution in [0.15, 0.2) is 36.9 Å². The molecule has 1 aromatic carbocycles. The summed E-state index contributed by atoms with van der Waals surface area (Å²) in [6.07, 6.45) is 5.77. The first-order valence-electron chi connectivity index (χ1n) is 6.71. The first-order chi connectivity index (χ1) is 9.31. The molecule has 5 heteroatoms. The van der Waals surface area contributed by atoms with Crippen molar-refractivity contribution >= 4 is 5.69 Å². The van der Waals surface area contributed by atoms with Gasteiger partial charge in [-0.3, -0.25) is 0 Å². The number of aromatic nitrogens is 3. The second-order valence-electron chi connectivity index (χ2n) is 5.13. The Labute approximate surface area is 113 Å². The molecule has 1 N–H and O–H groups in total. The van der Waals surface area contributed by atoms with Gasteiger partial charge in [0.2, 0.25) is 0 Å². The minimum absolute atomic E-state index is 0.552. The molecule has 19 heavy (non-hydrogen) atoms. The van der Waals surface area contributed by atoms with Crippen LogP contribution >= 0.6 is 0 Å². The minimum Gasteiger partial charge on any atom is -0.381 e. The van der Waals surface area contributed by atoms with Gasteiger partial charge in [-0.15, -0.1) is 0 Å². The normalized spacial score (nSPS) is 20.4. The zero-order valence-electron chi connectivity index (χ0n) is 11.2. The van der Waals surface area contributed by atoms with Crippen LogP contribution in [0.3, 0.4) is 0 Å². The fraction of sp³-hybridized carbons (Fsp3) is 0.429. The zero-order chi connectivity index (χ0) is 13.1. The van der Waals surface area contributed by atoms with Crippen LogP contribution in [0.5, 0.6) is 0 Å². The van der Waals surface area contributed by atoms with Crippen molar-refractivity contribution in [3.05, 3.63) is 36.9 Å². The molecular formula is C14H19N5. The molecule has 0 bridgehead atoms. The van der Waals surface area contributed by atoms with E-state index in [1.165, 1.54) is 25.1 Å². The van der Waals surface area contributed by atoms with E-state index in [4.69, 9.17) is 0 Å². The van der Waals surface area contributed by atoms with Crippen LogP contribution in [-0.2, 0) is 0 Å². The molecule has 0 saturated carbocycles. The number of likely N-dealkylation sites (N-methyl/N-ethyl adjacent to an activating group) is 1. The fourth-order valence-corrected chi connectivity index (χ4v) is 2.57. The lowest BCUT2D eigenvalue weighted by molar-refractivity contribution is 0.261. The lowest BCUT2D eigenvalue weighted by Gasteiger charge is -2.30. The highest BCUT2D eigenvalue weighted by atomic mass is 15.3. The molecule has 0 spiro atoms. The summed E-state index contributed by atoms with van der Waals surface area (Å²) in [6, 6.07) is 8.88. The number of rotatable bonds is 3. The Bertz CT molecular complexity index is 505. The van der Waals surface area contributed by atoms with Crippen molar-refractivity contribution in [1.29, 1.82) is 0 Å². The maximum absolute atomic E-state index is 4.12. The molecule has 0 amide bonds. The summed E-state index contributed by atoms with van der Waals surface area (Å²) in [7, 11) is 2.18. The molecular weight excluding hydrogens is 238 g/mol. The highest BCUT2D eigenvalue weighted by Crippen LogP contribution is 2.17. The average Bonchev–Trinajstić information content (AvgIpc) is 2.94. The number of likely N-dealkylation sites (tertiary alicyclic amines) is 1. The molecule has 1 saturated heterocycles. The Balaban J connectivity index is 1.66. The summed E-state index contributed by atoms with van der Waals surface area (Å²) in [6.45, 7) is 2.33. The molecule has 2 aromatic rings. The van der Waals surface area contributed by atoms with Crippen molar-refractivity contribution in [3.63, 3.8) is 0 Å². The predicted molar refractivity (Wildman–Crippen MR) is 75.5 cm³/mol. The Kier molecular flexibility index (Phi) is 3.46. The van der Waals surface area contributed by atoms with Gasteiger partial charge in [0.1, 0.15) is 12.7 Å². The van der Waals surface area contributed by atoms with Gasteiger partial charge in [-0.2, -0.15) is 5.10 Å². The van der Waals surface area contributed by atoms with Gasteiger partial charge in [0.25, 0.3) is 0 Å². The predicted octanol–water partition coefficient (Wildman–Crippen LogP) is 1.77. The second-order valence-corrected chi connectivity index (χ2v) is 5.13. The van der Waals surface area contributed by atoms with Gasteiger partial charge in [0.05, 0.1) is 5.69 Å². The zero-order valence-corrected chi connectivity index (χ0v) is 11.2. The Morgan fingerprint density at radius 3 is 2.79 bits per heavy atom. The SMILES string of the molecule is CN1CCCC(Nc2ccc(-n3cncn3)cc2)C1. The van der Waals surface area contributed by atoms with Crippen LogP contribution in [0.1, 0.15) is 12.8 Å². The maximum atomic E-state index is 4.12. The standard InChI is InChI=1S/C14H19N5/c1-18-8-2-3-13(9-18)17-12-4-6-14(7-5-12)19-11-15-10-16-19/h4-7,10-11,13,17H,2-3,8-9H2,1H3. The molecule has 0 radical (unpaired) electrons. The summed E-state index contributed by atoms with van der Waals surface area (Å²) in [4.78, 5) is 6.33. The summed E-state index contributed by atoms with van der Waals surface area (Å²) in [5.41, 5.74) is 2.20. The van der Waals surface area contributed by atoms with E-state index in [9.17, 15) is 0 Å². The smallest absolute Gasteiger partial charge is 0.138 e. The largest absolute Gasteiger partial charge is 0.381 e. The van der Waals surface area contributed by atoms with E-state index in [0.717, 1.165) is 12.2 Å². The number of anilines is 1. The second kappa shape index (κ2) is 5.40. The number of nitrogens with one attached hydrogen (secondary N) is 1. The summed E-state index contributed by atoms with van der Waals surface area (Å²) >= 11 is 0. The van der Waals surface area contributed by atoms with E-state index in [2.05, 4.69) is 51.6 Å². The monoisotopic (exact) mass is 257 g/mol. The summed E-state index contributed by atoms with van der Waals surface area (Å²) in [5, 5.41) is 7.72. The van der Waals surface area contributed by atoms with Gasteiger partial charge in [-0.1, -0.05) is 0 Å². The van der Waals surface area contributed by atoms with Gasteiger partial charge in [-0.25, -0.2) is 9.67 Å². The maximum Gasteiger partial charge on any atom is 0.138 e. The highest BCUT2D eigenvalue weighted by molar-refractivity contribution is 5.49. The van der Waals surface area contributed by atoms with Gasteiger partial charge in [0.15, 0.2) is 0 Å². The third-order valence-corrected chi connectivity index (χ3v) is 3.55. The molecule has 1 fully saturated rings. The topological polar surface area (TPSA) is 46.0 Å². The van der Waals surface area contributed by atoms with Crippen LogP contribution in [0.4, 0.5) is 5.69 Å². The van der Waals surface area contributed by atoms with E-state index in [-0.39, 0.29) is 0 Å². The first-order valence-corrected chi connectivity index (χ1v) is 6.71. The quantitative estimate of drug-likeness (QED) is 0.910. The fourth-order valence-electron chi connectivity index (χ4n) is 2.57. The number of piperidine rings is 1. The molecule has 2 heterocycles. The molecule has 0 aliphatic carbocycles. The van der Waals surface area contributed by atoms with Crippen LogP contribution < -0.4 is 5.32 Å². The highest BCUT2D eigenvalue weighted by Gasteiger charge is 2.16. The lowest BCUT2D eigenvalue weighted by atomic mass is 10.1. The molecule has 1 aromatic heterocycles. The van der Waals surface area contributed by atoms with Crippen LogP contribution in [0.25, 0.3) is 5.69 Å². The van der Waals surface area contributed by atoms with E-state index < -0.39 is 0 Å². The van der Waals surface area contributed by atoms with E-state index >= 15 is 0 Å². The van der Waals surface area contributed by atoms with Gasteiger partial charge < -0.3 is 10.2 Å². The van der Waals surface area contributed by atoms with E-state index in [0.29, 0.717) is 6.04 Å². The Morgan fingerprint density at radius 1 is 1.26 bits per heavy atom. The Morgan fingerprint density at radius 2 is 2.11 bits per heavy atom. The average molecular weight is 257 g/mol. The molecule has 3 rings (SSSR count). The molecule has 1 atom stereocenters. The Hall–Kier alpha value is -1.88. The molecule has 1 aliphatic rings. The first kappa shape index (κ1) is 12.2. The number of hydrogen-bond acceptors (Lipinski definition) is 4. The number of benzene rings is 1. The van der Waals surface area contributed by atoms with Crippen molar-refractivity contribution in [2.24, 2.45) is 0 Å². The van der Waals surface area contributed by atoms with Crippen molar-refractivity contribution in [2.45, 2.75) is 18.9 Å². The molecule has 5 nitrogen and oxygen atoms in total. The number of hydrogen-bond donors (Lipinski definition) is 1. The third-order valence-electron chi connectivity index (χ3n) is 3.55. The van der Waals surface area contributed by atoms with Crippen molar-refractivity contribution in [1.82, 2.24) is 19.7 Å². The molecule has 1 aliphatic heterocycles. The van der Waals surface area contributed by atoms with Crippen molar-refractivity contribution in [3.8, 4) is 5.69 Å². The minimum atomic E-state index is 0.552. The van der Waals surface area contributed by atoms with Crippen LogP contribution in [-0.4, -0.2) is 45.8 Å². The molecule has 1 unspecified atom stereocenters. The van der Waals surface area contributed by atoms with Crippen molar-refractivity contribution in [2.75, 3.05) is 25.5 Å². The van der Waals surface area contributed by atoms with E-state index in [1.807, 2.05) is 0 Å². The lowest BCUT2D eigenvalue weighted by Crippen LogP contribution is -2.39. The van der Waals surface area contributed by atoms with Gasteiger partial charge >= 0.3 is 0 Å². The molecule has 100 valence electrons. The van der Waals surface area contributed by atoms with Crippen LogP contribution in [0.2, 0.25) is 0 Å². The number of nitrogens with zero attached hydrogens (tertiary/aromatic N) is 4. The van der Waals surface area contributed by atoms with Crippen LogP contribution in [0, 0.1) is 0 Å². The van der Waals surface area contributed by atoms with Gasteiger partial charge in [0, 0.05) is 18.3 Å². The van der Waals surface area contributed by atoms with E-state index in [1.54, 1.807) is 17.3 Å². The summed E-state index contributed by atoms with van der Waals surface area (Å²) in [5.74, 6) is 0. The van der Waals surface area contributed by atoms with Gasteiger partial charge in [-0.05, 0) is 50.7 Å². The summed E-state index contributed by atoms with van der Waals surface area (Å²) < 4.78 is 1.76. The van der Waals surface area contributed by atoms with Crippen molar-refractivity contribution < 1.29 is 0 Å².